The first-order valence-corrected chi connectivity index (χ1v) is 13.1. The van der Waals surface area contributed by atoms with Gasteiger partial charge in [-0.25, -0.2) is 21.9 Å². The van der Waals surface area contributed by atoms with Gasteiger partial charge in [0.25, 0.3) is 11.8 Å². The summed E-state index contributed by atoms with van der Waals surface area (Å²) in [4.78, 5) is 29.0. The van der Waals surface area contributed by atoms with Gasteiger partial charge in [-0.15, -0.1) is 0 Å². The molecule has 1 heterocycles. The van der Waals surface area contributed by atoms with Crippen molar-refractivity contribution in [1.82, 2.24) is 15.6 Å². The second kappa shape index (κ2) is 12.1. The Morgan fingerprint density at radius 1 is 1.00 bits per heavy atom. The maximum Gasteiger partial charge on any atom is 0.309 e. The van der Waals surface area contributed by atoms with Crippen molar-refractivity contribution in [2.75, 3.05) is 11.0 Å². The number of benzene rings is 2. The zero-order chi connectivity index (χ0) is 28.0. The standard InChI is InChI=1S/C24H26F2N4O7S/c1-13(27-22(33)15-6-4-3-5-7-15)20(31)21(32)18(10-14-8-16(25)11-17(26)9-14)28-23(34)19-12-37-24(29-19)30-38(2,35)36/h3-9,11-13,18,20-21,31-32H,10H2,1-2H3,(H,27,33)(H,28,34)(H,29,30)/t13-,18+,20+,21+/m0/s1. The lowest BCUT2D eigenvalue weighted by molar-refractivity contribution is -0.0188. The highest BCUT2D eigenvalue weighted by Crippen LogP contribution is 2.16. The molecular weight excluding hydrogens is 526 g/mol. The Hall–Kier alpha value is -3.88. The van der Waals surface area contributed by atoms with Crippen molar-refractivity contribution >= 4 is 27.9 Å². The van der Waals surface area contributed by atoms with Gasteiger partial charge >= 0.3 is 6.01 Å². The van der Waals surface area contributed by atoms with Crippen LogP contribution in [0.4, 0.5) is 14.8 Å². The van der Waals surface area contributed by atoms with Gasteiger partial charge in [0.05, 0.1) is 18.3 Å². The summed E-state index contributed by atoms with van der Waals surface area (Å²) in [5, 5.41) is 26.7. The van der Waals surface area contributed by atoms with Crippen LogP contribution in [0.1, 0.15) is 33.3 Å². The summed E-state index contributed by atoms with van der Waals surface area (Å²) < 4.78 is 57.1. The number of hydrogen-bond acceptors (Lipinski definition) is 8. The summed E-state index contributed by atoms with van der Waals surface area (Å²) in [6.07, 6.45) is -2.00. The number of sulfonamides is 1. The first-order chi connectivity index (χ1) is 17.8. The average molecular weight is 553 g/mol. The molecule has 3 rings (SSSR count). The number of aromatic nitrogens is 1. The number of aliphatic hydroxyl groups excluding tert-OH is 2. The van der Waals surface area contributed by atoms with E-state index in [0.717, 1.165) is 24.7 Å². The van der Waals surface area contributed by atoms with E-state index in [2.05, 4.69) is 15.6 Å². The number of nitrogens with zero attached hydrogens (tertiary/aromatic N) is 1. The van der Waals surface area contributed by atoms with Crippen LogP contribution in [0.15, 0.2) is 59.2 Å². The van der Waals surface area contributed by atoms with E-state index >= 15 is 0 Å². The number of rotatable bonds is 11. The molecule has 0 aliphatic heterocycles. The molecule has 0 aliphatic carbocycles. The van der Waals surface area contributed by atoms with Crippen LogP contribution >= 0.6 is 0 Å². The van der Waals surface area contributed by atoms with Gasteiger partial charge in [-0.3, -0.25) is 9.59 Å². The zero-order valence-corrected chi connectivity index (χ0v) is 21.1. The Kier molecular flexibility index (Phi) is 9.14. The van der Waals surface area contributed by atoms with Crippen molar-refractivity contribution in [2.24, 2.45) is 0 Å². The zero-order valence-electron chi connectivity index (χ0n) is 20.3. The van der Waals surface area contributed by atoms with Gasteiger partial charge in [0.2, 0.25) is 10.0 Å². The molecule has 0 bridgehead atoms. The van der Waals surface area contributed by atoms with Gasteiger partial charge in [0, 0.05) is 11.6 Å². The van der Waals surface area contributed by atoms with Crippen LogP contribution in [-0.2, 0) is 16.4 Å². The number of anilines is 1. The molecule has 14 heteroatoms. The number of carbonyl (C=O) groups is 2. The average Bonchev–Trinajstić information content (AvgIpc) is 3.29. The lowest BCUT2D eigenvalue weighted by Gasteiger charge is -2.31. The second-order valence-corrected chi connectivity index (χ2v) is 10.3. The Morgan fingerprint density at radius 3 is 2.24 bits per heavy atom. The van der Waals surface area contributed by atoms with E-state index in [1.54, 1.807) is 30.3 Å². The molecule has 0 spiro atoms. The Bertz CT molecular complexity index is 1370. The highest BCUT2D eigenvalue weighted by atomic mass is 32.2. The molecule has 1 aromatic heterocycles. The minimum absolute atomic E-state index is 0.0552. The lowest BCUT2D eigenvalue weighted by atomic mass is 9.94. The number of halogens is 2. The van der Waals surface area contributed by atoms with Crippen molar-refractivity contribution in [3.8, 4) is 0 Å². The highest BCUT2D eigenvalue weighted by molar-refractivity contribution is 7.91. The van der Waals surface area contributed by atoms with Crippen molar-refractivity contribution in [2.45, 2.75) is 37.6 Å². The molecule has 38 heavy (non-hydrogen) atoms. The van der Waals surface area contributed by atoms with Gasteiger partial charge in [-0.05, 0) is 43.2 Å². The molecule has 5 N–H and O–H groups in total. The lowest BCUT2D eigenvalue weighted by Crippen LogP contribution is -2.55. The maximum absolute atomic E-state index is 13.8. The fourth-order valence-electron chi connectivity index (χ4n) is 3.56. The number of oxazole rings is 1. The van der Waals surface area contributed by atoms with Gasteiger partial charge < -0.3 is 25.3 Å². The number of aliphatic hydroxyl groups is 2. The van der Waals surface area contributed by atoms with Gasteiger partial charge in [0.15, 0.2) is 5.69 Å². The van der Waals surface area contributed by atoms with Crippen molar-refractivity contribution in [1.29, 1.82) is 0 Å². The molecule has 2 aromatic carbocycles. The van der Waals surface area contributed by atoms with E-state index in [9.17, 15) is 37.0 Å². The molecule has 0 unspecified atom stereocenters. The summed E-state index contributed by atoms with van der Waals surface area (Å²) >= 11 is 0. The number of nitrogens with one attached hydrogen (secondary N) is 3. The van der Waals surface area contributed by atoms with Crippen molar-refractivity contribution in [3.05, 3.63) is 83.2 Å². The van der Waals surface area contributed by atoms with Gasteiger partial charge in [-0.1, -0.05) is 18.2 Å². The molecule has 2 amide bonds. The molecule has 0 radical (unpaired) electrons. The predicted molar refractivity (Wildman–Crippen MR) is 132 cm³/mol. The number of hydrogen-bond donors (Lipinski definition) is 5. The third-order valence-electron chi connectivity index (χ3n) is 5.37. The monoisotopic (exact) mass is 552 g/mol. The topological polar surface area (TPSA) is 171 Å². The quantitative estimate of drug-likeness (QED) is 0.236. The Labute approximate surface area is 216 Å². The first-order valence-electron chi connectivity index (χ1n) is 11.2. The Balaban J connectivity index is 1.80. The van der Waals surface area contributed by atoms with Crippen LogP contribution < -0.4 is 15.4 Å². The van der Waals surface area contributed by atoms with Crippen LogP contribution in [0.3, 0.4) is 0 Å². The van der Waals surface area contributed by atoms with E-state index in [0.29, 0.717) is 11.6 Å². The van der Waals surface area contributed by atoms with E-state index in [-0.39, 0.29) is 17.7 Å². The molecule has 0 fully saturated rings. The third-order valence-corrected chi connectivity index (χ3v) is 5.92. The molecule has 11 nitrogen and oxygen atoms in total. The summed E-state index contributed by atoms with van der Waals surface area (Å²) in [6, 6.07) is 7.92. The second-order valence-electron chi connectivity index (χ2n) is 8.58. The van der Waals surface area contributed by atoms with Crippen molar-refractivity contribution in [3.63, 3.8) is 0 Å². The van der Waals surface area contributed by atoms with Gasteiger partial charge in [-0.2, -0.15) is 4.98 Å². The molecule has 0 saturated carbocycles. The summed E-state index contributed by atoms with van der Waals surface area (Å²) in [5.41, 5.74) is -0.0102. The first kappa shape index (κ1) is 28.7. The van der Waals surface area contributed by atoms with Crippen LogP contribution in [0.25, 0.3) is 0 Å². The number of amides is 2. The highest BCUT2D eigenvalue weighted by Gasteiger charge is 2.33. The van der Waals surface area contributed by atoms with E-state index in [1.165, 1.54) is 6.92 Å². The van der Waals surface area contributed by atoms with E-state index in [4.69, 9.17) is 4.42 Å². The van der Waals surface area contributed by atoms with Crippen molar-refractivity contribution < 1.29 is 41.4 Å². The summed E-state index contributed by atoms with van der Waals surface area (Å²) in [6.45, 7) is 1.43. The third kappa shape index (κ3) is 8.06. The fraction of sp³-hybridized carbons (Fsp3) is 0.292. The van der Waals surface area contributed by atoms with E-state index < -0.39 is 63.8 Å². The fourth-order valence-corrected chi connectivity index (χ4v) is 3.98. The largest absolute Gasteiger partial charge is 0.431 e. The molecule has 3 aromatic rings. The van der Waals surface area contributed by atoms with Crippen LogP contribution in [0.2, 0.25) is 0 Å². The van der Waals surface area contributed by atoms with Crippen LogP contribution in [0.5, 0.6) is 0 Å². The SMILES string of the molecule is C[C@H](NC(=O)c1ccccc1)[C@@H](O)[C@H](O)[C@@H](Cc1cc(F)cc(F)c1)NC(=O)c1coc(NS(C)(=O)=O)n1. The molecule has 0 saturated heterocycles. The molecule has 0 aliphatic rings. The predicted octanol–water partition coefficient (Wildman–Crippen LogP) is 1.21. The number of carbonyl (C=O) groups excluding carboxylic acids is 2. The minimum Gasteiger partial charge on any atom is -0.431 e. The molecular formula is C24H26F2N4O7S. The van der Waals surface area contributed by atoms with Crippen LogP contribution in [0, 0.1) is 11.6 Å². The summed E-state index contributed by atoms with van der Waals surface area (Å²) in [7, 11) is -3.74. The molecule has 204 valence electrons. The normalized spacial score (nSPS) is 14.7. The summed E-state index contributed by atoms with van der Waals surface area (Å²) in [5.74, 6) is -3.25. The molecule has 4 atom stereocenters. The maximum atomic E-state index is 13.8. The smallest absolute Gasteiger partial charge is 0.309 e. The van der Waals surface area contributed by atoms with E-state index in [1.807, 2.05) is 4.72 Å². The van der Waals surface area contributed by atoms with Gasteiger partial charge in [0.1, 0.15) is 30.1 Å². The van der Waals surface area contributed by atoms with Crippen LogP contribution in [-0.4, -0.2) is 66.0 Å². The minimum atomic E-state index is -3.74. The Morgan fingerprint density at radius 2 is 1.63 bits per heavy atom.